The Morgan fingerprint density at radius 2 is 2.27 bits per heavy atom. The van der Waals surface area contributed by atoms with Gasteiger partial charge in [-0.15, -0.1) is 0 Å². The van der Waals surface area contributed by atoms with Crippen molar-refractivity contribution in [3.63, 3.8) is 0 Å². The van der Waals surface area contributed by atoms with Crippen molar-refractivity contribution >= 4 is 5.97 Å². The molecule has 5 heteroatoms. The van der Waals surface area contributed by atoms with Gasteiger partial charge in [0.25, 0.3) is 0 Å². The summed E-state index contributed by atoms with van der Waals surface area (Å²) in [6, 6.07) is 1.66. The first kappa shape index (κ1) is 11.4. The summed E-state index contributed by atoms with van der Waals surface area (Å²) in [6.45, 7) is 3.39. The summed E-state index contributed by atoms with van der Waals surface area (Å²) in [4.78, 5) is 18.8. The van der Waals surface area contributed by atoms with Crippen LogP contribution in [-0.2, 0) is 11.2 Å². The molecule has 1 N–H and O–H groups in total. The van der Waals surface area contributed by atoms with Crippen LogP contribution in [0, 0.1) is 12.8 Å². The second kappa shape index (κ2) is 4.72. The first-order valence-electron chi connectivity index (χ1n) is 4.64. The predicted molar refractivity (Wildman–Crippen MR) is 53.8 cm³/mol. The number of carboxylic acids is 1. The van der Waals surface area contributed by atoms with Gasteiger partial charge in [0, 0.05) is 18.2 Å². The molecule has 0 radical (unpaired) electrons. The monoisotopic (exact) mass is 210 g/mol. The molecule has 0 spiro atoms. The number of aromatic nitrogens is 2. The molecular weight excluding hydrogens is 196 g/mol. The van der Waals surface area contributed by atoms with Crippen molar-refractivity contribution < 1.29 is 14.6 Å². The Morgan fingerprint density at radius 1 is 1.60 bits per heavy atom. The molecule has 1 atom stereocenters. The summed E-state index contributed by atoms with van der Waals surface area (Å²) in [5, 5.41) is 8.76. The molecule has 1 rings (SSSR count). The normalized spacial score (nSPS) is 12.2. The third kappa shape index (κ3) is 3.19. The van der Waals surface area contributed by atoms with E-state index < -0.39 is 11.9 Å². The van der Waals surface area contributed by atoms with E-state index in [-0.39, 0.29) is 0 Å². The van der Waals surface area contributed by atoms with E-state index in [1.807, 2.05) is 0 Å². The van der Waals surface area contributed by atoms with Gasteiger partial charge >= 0.3 is 5.97 Å². The molecule has 0 aromatic carbocycles. The van der Waals surface area contributed by atoms with E-state index in [1.165, 1.54) is 7.11 Å². The van der Waals surface area contributed by atoms with Crippen LogP contribution < -0.4 is 4.74 Å². The Bertz CT molecular complexity index is 366. The lowest BCUT2D eigenvalue weighted by Gasteiger charge is -2.07. The summed E-state index contributed by atoms with van der Waals surface area (Å²) in [6.07, 6.45) is 0.384. The zero-order valence-corrected chi connectivity index (χ0v) is 9.02. The summed E-state index contributed by atoms with van der Waals surface area (Å²) in [7, 11) is 1.52. The predicted octanol–water partition coefficient (Wildman–Crippen LogP) is 1.06. The Morgan fingerprint density at radius 3 is 2.80 bits per heavy atom. The number of hydrogen-bond acceptors (Lipinski definition) is 4. The number of methoxy groups -OCH3 is 1. The van der Waals surface area contributed by atoms with E-state index in [1.54, 1.807) is 19.9 Å². The van der Waals surface area contributed by atoms with Gasteiger partial charge in [0.1, 0.15) is 5.82 Å². The molecule has 0 fully saturated rings. The van der Waals surface area contributed by atoms with Crippen LogP contribution in [0.15, 0.2) is 6.07 Å². The van der Waals surface area contributed by atoms with E-state index in [0.717, 1.165) is 0 Å². The Labute approximate surface area is 88.1 Å². The number of carbonyl (C=O) groups is 1. The molecule has 1 unspecified atom stereocenters. The van der Waals surface area contributed by atoms with Gasteiger partial charge in [0.15, 0.2) is 0 Å². The van der Waals surface area contributed by atoms with Crippen LogP contribution in [-0.4, -0.2) is 28.2 Å². The minimum absolute atomic E-state index is 0.384. The quantitative estimate of drug-likeness (QED) is 0.804. The SMILES string of the molecule is COc1cc(CC(C)C(=O)O)nc(C)n1. The zero-order chi connectivity index (χ0) is 11.4. The van der Waals surface area contributed by atoms with Gasteiger partial charge in [-0.1, -0.05) is 6.92 Å². The topological polar surface area (TPSA) is 72.3 Å². The van der Waals surface area contributed by atoms with Gasteiger partial charge in [0.2, 0.25) is 5.88 Å². The molecule has 0 bridgehead atoms. The van der Waals surface area contributed by atoms with Gasteiger partial charge in [-0.05, 0) is 6.92 Å². The van der Waals surface area contributed by atoms with Crippen LogP contribution in [0.4, 0.5) is 0 Å². The molecule has 1 aromatic heterocycles. The highest BCUT2D eigenvalue weighted by Gasteiger charge is 2.13. The fourth-order valence-corrected chi connectivity index (χ4v) is 1.21. The van der Waals surface area contributed by atoms with Gasteiger partial charge < -0.3 is 9.84 Å². The molecule has 0 aliphatic rings. The van der Waals surface area contributed by atoms with Crippen LogP contribution in [0.3, 0.4) is 0 Å². The Balaban J connectivity index is 2.85. The van der Waals surface area contributed by atoms with E-state index in [0.29, 0.717) is 23.8 Å². The third-order valence-electron chi connectivity index (χ3n) is 2.01. The highest BCUT2D eigenvalue weighted by molar-refractivity contribution is 5.69. The number of aliphatic carboxylic acids is 1. The number of hydrogen-bond donors (Lipinski definition) is 1. The summed E-state index contributed by atoms with van der Waals surface area (Å²) >= 11 is 0. The minimum atomic E-state index is -0.828. The molecule has 5 nitrogen and oxygen atoms in total. The number of rotatable bonds is 4. The average molecular weight is 210 g/mol. The molecule has 0 saturated carbocycles. The van der Waals surface area contributed by atoms with Crippen molar-refractivity contribution in [3.05, 3.63) is 17.6 Å². The maximum Gasteiger partial charge on any atom is 0.306 e. The van der Waals surface area contributed by atoms with E-state index in [4.69, 9.17) is 9.84 Å². The van der Waals surface area contributed by atoms with Crippen LogP contribution in [0.2, 0.25) is 0 Å². The molecule has 1 aromatic rings. The number of nitrogens with zero attached hydrogens (tertiary/aromatic N) is 2. The fraction of sp³-hybridized carbons (Fsp3) is 0.500. The standard InChI is InChI=1S/C10H14N2O3/c1-6(10(13)14)4-8-5-9(15-3)12-7(2)11-8/h5-6H,4H2,1-3H3,(H,13,14). The minimum Gasteiger partial charge on any atom is -0.481 e. The van der Waals surface area contributed by atoms with Crippen LogP contribution >= 0.6 is 0 Å². The maximum absolute atomic E-state index is 10.7. The molecule has 82 valence electrons. The number of carboxylic acid groups (broad SMARTS) is 1. The third-order valence-corrected chi connectivity index (χ3v) is 2.01. The van der Waals surface area contributed by atoms with Gasteiger partial charge in [0.05, 0.1) is 13.0 Å². The number of ether oxygens (including phenoxy) is 1. The first-order chi connectivity index (χ1) is 7.02. The summed E-state index contributed by atoms with van der Waals surface area (Å²) in [5.74, 6) is -0.230. The Kier molecular flexibility index (Phi) is 3.60. The second-order valence-corrected chi connectivity index (χ2v) is 3.39. The van der Waals surface area contributed by atoms with E-state index in [9.17, 15) is 4.79 Å². The fourth-order valence-electron chi connectivity index (χ4n) is 1.21. The highest BCUT2D eigenvalue weighted by atomic mass is 16.5. The van der Waals surface area contributed by atoms with E-state index >= 15 is 0 Å². The molecule has 0 aliphatic heterocycles. The lowest BCUT2D eigenvalue weighted by atomic mass is 10.1. The van der Waals surface area contributed by atoms with Crippen molar-refractivity contribution in [3.8, 4) is 5.88 Å². The highest BCUT2D eigenvalue weighted by Crippen LogP contribution is 2.12. The lowest BCUT2D eigenvalue weighted by molar-refractivity contribution is -0.141. The molecular formula is C10H14N2O3. The second-order valence-electron chi connectivity index (χ2n) is 3.39. The smallest absolute Gasteiger partial charge is 0.306 e. The molecule has 0 aliphatic carbocycles. The van der Waals surface area contributed by atoms with Crippen LogP contribution in [0.1, 0.15) is 18.4 Å². The average Bonchev–Trinajstić information content (AvgIpc) is 2.16. The molecule has 1 heterocycles. The van der Waals surface area contributed by atoms with Crippen molar-refractivity contribution in [2.45, 2.75) is 20.3 Å². The first-order valence-corrected chi connectivity index (χ1v) is 4.64. The molecule has 0 saturated heterocycles. The van der Waals surface area contributed by atoms with Crippen LogP contribution in [0.5, 0.6) is 5.88 Å². The van der Waals surface area contributed by atoms with Gasteiger partial charge in [-0.25, -0.2) is 4.98 Å². The zero-order valence-electron chi connectivity index (χ0n) is 9.02. The van der Waals surface area contributed by atoms with Crippen molar-refractivity contribution in [1.29, 1.82) is 0 Å². The molecule has 0 amide bonds. The maximum atomic E-state index is 10.7. The van der Waals surface area contributed by atoms with Gasteiger partial charge in [-0.3, -0.25) is 4.79 Å². The van der Waals surface area contributed by atoms with E-state index in [2.05, 4.69) is 9.97 Å². The Hall–Kier alpha value is -1.65. The molecule has 15 heavy (non-hydrogen) atoms. The summed E-state index contributed by atoms with van der Waals surface area (Å²) < 4.78 is 4.98. The van der Waals surface area contributed by atoms with Crippen LogP contribution in [0.25, 0.3) is 0 Å². The largest absolute Gasteiger partial charge is 0.481 e. The number of aryl methyl sites for hydroxylation is 1. The van der Waals surface area contributed by atoms with Crippen molar-refractivity contribution in [1.82, 2.24) is 9.97 Å². The summed E-state index contributed by atoms with van der Waals surface area (Å²) in [5.41, 5.74) is 0.689. The van der Waals surface area contributed by atoms with Crippen molar-refractivity contribution in [2.24, 2.45) is 5.92 Å². The van der Waals surface area contributed by atoms with Crippen molar-refractivity contribution in [2.75, 3.05) is 7.11 Å². The van der Waals surface area contributed by atoms with Gasteiger partial charge in [-0.2, -0.15) is 4.98 Å². The lowest BCUT2D eigenvalue weighted by Crippen LogP contribution is -2.13.